The number of anilines is 1. The van der Waals surface area contributed by atoms with Crippen LogP contribution in [0.3, 0.4) is 0 Å². The molecule has 10 heavy (non-hydrogen) atoms. The molecule has 2 nitrogen and oxygen atoms in total. The van der Waals surface area contributed by atoms with Crippen molar-refractivity contribution in [3.63, 3.8) is 0 Å². The van der Waals surface area contributed by atoms with Gasteiger partial charge in [0.1, 0.15) is 6.07 Å². The van der Waals surface area contributed by atoms with Crippen molar-refractivity contribution in [2.75, 3.05) is 5.73 Å². The maximum absolute atomic E-state index is 8.39. The number of halogens is 1. The van der Waals surface area contributed by atoms with E-state index >= 15 is 0 Å². The summed E-state index contributed by atoms with van der Waals surface area (Å²) in [6, 6.07) is 8.96. The van der Waals surface area contributed by atoms with E-state index in [2.05, 4.69) is 0 Å². The van der Waals surface area contributed by atoms with Gasteiger partial charge in [0, 0.05) is 5.69 Å². The second kappa shape index (κ2) is 3.91. The third kappa shape index (κ3) is 1.74. The van der Waals surface area contributed by atoms with Crippen molar-refractivity contribution in [2.45, 2.75) is 0 Å². The zero-order valence-electron chi connectivity index (χ0n) is 5.24. The normalized spacial score (nSPS) is 7.50. The Morgan fingerprint density at radius 1 is 1.30 bits per heavy atom. The van der Waals surface area contributed by atoms with E-state index in [4.69, 9.17) is 11.0 Å². The van der Waals surface area contributed by atoms with Gasteiger partial charge >= 0.3 is 0 Å². The number of hydrogen-bond donors (Lipinski definition) is 1. The molecule has 0 unspecified atom stereocenters. The number of benzene rings is 1. The quantitative estimate of drug-likeness (QED) is 0.646. The number of nitriles is 1. The van der Waals surface area contributed by atoms with Crippen LogP contribution in [0.5, 0.6) is 0 Å². The molecule has 1 aromatic rings. The Kier molecular flexibility index (Phi) is 3.52. The molecule has 3 heteroatoms. The molecule has 0 saturated heterocycles. The summed E-state index contributed by atoms with van der Waals surface area (Å²) >= 11 is 0. The van der Waals surface area contributed by atoms with Gasteiger partial charge in [0.15, 0.2) is 0 Å². The molecule has 2 N–H and O–H groups in total. The molecular formula is C7H7BrN2. The van der Waals surface area contributed by atoms with Crippen molar-refractivity contribution < 1.29 is 0 Å². The fourth-order valence-corrected chi connectivity index (χ4v) is 0.599. The Balaban J connectivity index is 0.000000810. The maximum Gasteiger partial charge on any atom is 0.101 e. The van der Waals surface area contributed by atoms with Crippen molar-refractivity contribution in [2.24, 2.45) is 0 Å². The fraction of sp³-hybridized carbons (Fsp3) is 0. The van der Waals surface area contributed by atoms with Gasteiger partial charge in [-0.15, -0.1) is 17.0 Å². The molecular weight excluding hydrogens is 192 g/mol. The highest BCUT2D eigenvalue weighted by Gasteiger charge is 1.90. The molecule has 0 aromatic heterocycles. The average molecular weight is 199 g/mol. The van der Waals surface area contributed by atoms with Gasteiger partial charge in [-0.2, -0.15) is 5.26 Å². The first kappa shape index (κ1) is 8.99. The van der Waals surface area contributed by atoms with E-state index in [9.17, 15) is 0 Å². The number of nitrogen functional groups attached to an aromatic ring is 1. The highest BCUT2D eigenvalue weighted by Crippen LogP contribution is 2.06. The molecule has 0 amide bonds. The van der Waals surface area contributed by atoms with Crippen molar-refractivity contribution in [1.82, 2.24) is 0 Å². The molecule has 0 radical (unpaired) electrons. The molecule has 0 spiro atoms. The van der Waals surface area contributed by atoms with Crippen LogP contribution >= 0.6 is 17.0 Å². The van der Waals surface area contributed by atoms with Crippen molar-refractivity contribution in [3.8, 4) is 6.07 Å². The lowest BCUT2D eigenvalue weighted by Crippen LogP contribution is -1.87. The summed E-state index contributed by atoms with van der Waals surface area (Å²) in [5.41, 5.74) is 6.49. The van der Waals surface area contributed by atoms with Crippen molar-refractivity contribution in [1.29, 1.82) is 5.26 Å². The summed E-state index contributed by atoms with van der Waals surface area (Å²) in [6.45, 7) is 0. The lowest BCUT2D eigenvalue weighted by molar-refractivity contribution is 1.48. The van der Waals surface area contributed by atoms with E-state index in [0.29, 0.717) is 11.3 Å². The molecule has 0 aliphatic heterocycles. The van der Waals surface area contributed by atoms with Crippen LogP contribution in [0.15, 0.2) is 24.3 Å². The molecule has 0 heterocycles. The van der Waals surface area contributed by atoms with Crippen LogP contribution in [-0.2, 0) is 0 Å². The Bertz CT molecular complexity index is 252. The summed E-state index contributed by atoms with van der Waals surface area (Å²) in [5.74, 6) is 0. The van der Waals surface area contributed by atoms with Gasteiger partial charge in [0.2, 0.25) is 0 Å². The van der Waals surface area contributed by atoms with Gasteiger partial charge in [-0.1, -0.05) is 12.1 Å². The molecule has 52 valence electrons. The largest absolute Gasteiger partial charge is 0.398 e. The van der Waals surface area contributed by atoms with Gasteiger partial charge in [-0.3, -0.25) is 0 Å². The third-order valence-electron chi connectivity index (χ3n) is 1.08. The van der Waals surface area contributed by atoms with Gasteiger partial charge < -0.3 is 5.73 Å². The molecule has 1 aromatic carbocycles. The standard InChI is InChI=1S/C7H6N2.BrH/c8-5-6-3-1-2-4-7(6)9;/h1-4H,9H2;1H. The van der Waals surface area contributed by atoms with E-state index in [1.807, 2.05) is 6.07 Å². The molecule has 0 aliphatic carbocycles. The highest BCUT2D eigenvalue weighted by atomic mass is 79.9. The minimum absolute atomic E-state index is 0. The Morgan fingerprint density at radius 2 is 1.90 bits per heavy atom. The predicted octanol–water partition coefficient (Wildman–Crippen LogP) is 1.72. The Labute approximate surface area is 70.0 Å². The summed E-state index contributed by atoms with van der Waals surface area (Å²) in [5, 5.41) is 8.39. The summed E-state index contributed by atoms with van der Waals surface area (Å²) < 4.78 is 0. The summed E-state index contributed by atoms with van der Waals surface area (Å²) in [7, 11) is 0. The van der Waals surface area contributed by atoms with E-state index in [1.54, 1.807) is 24.3 Å². The van der Waals surface area contributed by atoms with E-state index in [1.165, 1.54) is 0 Å². The van der Waals surface area contributed by atoms with Crippen molar-refractivity contribution >= 4 is 22.7 Å². The second-order valence-corrected chi connectivity index (χ2v) is 1.70. The number of nitrogens with zero attached hydrogens (tertiary/aromatic N) is 1. The molecule has 0 fully saturated rings. The number of hydrogen-bond acceptors (Lipinski definition) is 2. The van der Waals surface area contributed by atoms with Crippen LogP contribution in [0.2, 0.25) is 0 Å². The third-order valence-corrected chi connectivity index (χ3v) is 1.08. The molecule has 0 saturated carbocycles. The van der Waals surface area contributed by atoms with Gasteiger partial charge in [0.25, 0.3) is 0 Å². The van der Waals surface area contributed by atoms with Crippen LogP contribution in [-0.4, -0.2) is 0 Å². The highest BCUT2D eigenvalue weighted by molar-refractivity contribution is 8.93. The molecule has 0 aliphatic rings. The lowest BCUT2D eigenvalue weighted by atomic mass is 10.2. The lowest BCUT2D eigenvalue weighted by Gasteiger charge is -1.91. The molecule has 1 rings (SSSR count). The SMILES string of the molecule is Br.N#Cc1ccccc1N. The smallest absolute Gasteiger partial charge is 0.101 e. The summed E-state index contributed by atoms with van der Waals surface area (Å²) in [6.07, 6.45) is 0. The van der Waals surface area contributed by atoms with E-state index in [0.717, 1.165) is 0 Å². The van der Waals surface area contributed by atoms with Gasteiger partial charge in [-0.25, -0.2) is 0 Å². The van der Waals surface area contributed by atoms with E-state index < -0.39 is 0 Å². The topological polar surface area (TPSA) is 49.8 Å². The zero-order chi connectivity index (χ0) is 6.69. The van der Waals surface area contributed by atoms with Crippen LogP contribution in [0.4, 0.5) is 5.69 Å². The number of rotatable bonds is 0. The van der Waals surface area contributed by atoms with Crippen LogP contribution in [0, 0.1) is 11.3 Å². The van der Waals surface area contributed by atoms with Crippen molar-refractivity contribution in [3.05, 3.63) is 29.8 Å². The first-order chi connectivity index (χ1) is 4.34. The minimum atomic E-state index is 0. The van der Waals surface area contributed by atoms with Gasteiger partial charge in [-0.05, 0) is 12.1 Å². The number of para-hydroxylation sites is 1. The predicted molar refractivity (Wildman–Crippen MR) is 45.9 cm³/mol. The van der Waals surface area contributed by atoms with Crippen LogP contribution < -0.4 is 5.73 Å². The van der Waals surface area contributed by atoms with Gasteiger partial charge in [0.05, 0.1) is 5.56 Å². The fourth-order valence-electron chi connectivity index (χ4n) is 0.599. The van der Waals surface area contributed by atoms with Crippen LogP contribution in [0.1, 0.15) is 5.56 Å². The maximum atomic E-state index is 8.39. The minimum Gasteiger partial charge on any atom is -0.398 e. The Morgan fingerprint density at radius 3 is 2.30 bits per heavy atom. The zero-order valence-corrected chi connectivity index (χ0v) is 6.96. The first-order valence-electron chi connectivity index (χ1n) is 2.59. The van der Waals surface area contributed by atoms with E-state index in [-0.39, 0.29) is 17.0 Å². The number of nitrogens with two attached hydrogens (primary N) is 1. The molecule has 0 bridgehead atoms. The monoisotopic (exact) mass is 198 g/mol. The summed E-state index contributed by atoms with van der Waals surface area (Å²) in [4.78, 5) is 0. The first-order valence-corrected chi connectivity index (χ1v) is 2.59. The average Bonchev–Trinajstić information content (AvgIpc) is 1.89. The Hall–Kier alpha value is -1.01. The second-order valence-electron chi connectivity index (χ2n) is 1.70. The molecule has 0 atom stereocenters. The van der Waals surface area contributed by atoms with Crippen LogP contribution in [0.25, 0.3) is 0 Å².